The summed E-state index contributed by atoms with van der Waals surface area (Å²) in [6.07, 6.45) is 4.71. The molecule has 0 atom stereocenters. The highest BCUT2D eigenvalue weighted by molar-refractivity contribution is 8.01. The summed E-state index contributed by atoms with van der Waals surface area (Å²) >= 11 is 3.03. The molecule has 0 aliphatic carbocycles. The van der Waals surface area contributed by atoms with Crippen LogP contribution in [0.4, 0.5) is 0 Å². The number of H-pyrrole nitrogens is 1. The maximum absolute atomic E-state index is 12.6. The van der Waals surface area contributed by atoms with Crippen molar-refractivity contribution in [2.45, 2.75) is 36.1 Å². The molecule has 2 aliphatic heterocycles. The van der Waals surface area contributed by atoms with Gasteiger partial charge in [0.05, 0.1) is 23.3 Å². The van der Waals surface area contributed by atoms with Crippen molar-refractivity contribution < 1.29 is 4.79 Å². The molecule has 134 valence electrons. The summed E-state index contributed by atoms with van der Waals surface area (Å²) in [5.41, 5.74) is 2.43. The van der Waals surface area contributed by atoms with E-state index in [1.165, 1.54) is 34.5 Å². The van der Waals surface area contributed by atoms with Gasteiger partial charge in [-0.15, -0.1) is 10.2 Å². The van der Waals surface area contributed by atoms with E-state index in [9.17, 15) is 4.79 Å². The van der Waals surface area contributed by atoms with Gasteiger partial charge in [-0.05, 0) is 26.8 Å². The minimum Gasteiger partial charge on any atom is -0.348 e. The summed E-state index contributed by atoms with van der Waals surface area (Å²) in [5, 5.41) is 9.00. The van der Waals surface area contributed by atoms with Crippen LogP contribution in [0, 0.1) is 6.92 Å². The first-order chi connectivity index (χ1) is 12.1. The van der Waals surface area contributed by atoms with Crippen LogP contribution in [-0.4, -0.2) is 68.3 Å². The number of amides is 1. The van der Waals surface area contributed by atoms with Crippen LogP contribution >= 0.6 is 23.1 Å². The van der Waals surface area contributed by atoms with Gasteiger partial charge in [-0.3, -0.25) is 9.69 Å². The Kier molecular flexibility index (Phi) is 4.55. The highest BCUT2D eigenvalue weighted by Crippen LogP contribution is 2.41. The molecule has 9 heteroatoms. The molecule has 4 rings (SSSR count). The lowest BCUT2D eigenvalue weighted by molar-refractivity contribution is -0.131. The molecule has 1 fully saturated rings. The number of hydrogen-bond acceptors (Lipinski definition) is 7. The fraction of sp³-hybridized carbons (Fsp3) is 0.625. The van der Waals surface area contributed by atoms with Gasteiger partial charge < -0.3 is 9.88 Å². The van der Waals surface area contributed by atoms with E-state index in [1.54, 1.807) is 0 Å². The van der Waals surface area contributed by atoms with E-state index in [2.05, 4.69) is 32.1 Å². The van der Waals surface area contributed by atoms with Crippen LogP contribution in [0.2, 0.25) is 0 Å². The number of thioether (sulfide) groups is 1. The molecule has 1 amide bonds. The maximum atomic E-state index is 12.6. The average molecular weight is 379 g/mol. The van der Waals surface area contributed by atoms with E-state index in [1.807, 2.05) is 18.2 Å². The summed E-state index contributed by atoms with van der Waals surface area (Å²) in [4.78, 5) is 24.9. The summed E-state index contributed by atoms with van der Waals surface area (Å²) < 4.78 is 0.868. The van der Waals surface area contributed by atoms with Crippen molar-refractivity contribution in [3.63, 3.8) is 0 Å². The number of hydrogen-bond donors (Lipinski definition) is 1. The van der Waals surface area contributed by atoms with Crippen LogP contribution in [0.1, 0.15) is 29.2 Å². The van der Waals surface area contributed by atoms with Gasteiger partial charge in [-0.1, -0.05) is 23.1 Å². The molecule has 0 saturated carbocycles. The van der Waals surface area contributed by atoms with Crippen molar-refractivity contribution in [3.05, 3.63) is 22.7 Å². The van der Waals surface area contributed by atoms with E-state index in [0.29, 0.717) is 5.75 Å². The number of aromatic nitrogens is 4. The molecule has 0 radical (unpaired) electrons. The molecule has 1 N–H and O–H groups in total. The largest absolute Gasteiger partial charge is 0.348 e. The summed E-state index contributed by atoms with van der Waals surface area (Å²) in [6.45, 7) is 4.53. The van der Waals surface area contributed by atoms with Crippen molar-refractivity contribution in [2.75, 3.05) is 32.4 Å². The normalized spacial score (nSPS) is 20.0. The standard InChI is InChI=1S/C16H22N6OS2/c1-11-19-20-15(25-11)24-9-13(23)22-7-4-16(5-8-22)14-12(17-10-18-14)3-6-21(16)2/h10H,3-9H2,1-2H3,(H,17,18). The van der Waals surface area contributed by atoms with Gasteiger partial charge in [-0.2, -0.15) is 0 Å². The topological polar surface area (TPSA) is 78.0 Å². The lowest BCUT2D eigenvalue weighted by Crippen LogP contribution is -2.55. The molecule has 25 heavy (non-hydrogen) atoms. The Labute approximate surface area is 155 Å². The highest BCUT2D eigenvalue weighted by Gasteiger charge is 2.45. The Bertz CT molecular complexity index is 764. The Hall–Kier alpha value is -1.45. The number of fused-ring (bicyclic) bond motifs is 2. The van der Waals surface area contributed by atoms with Crippen LogP contribution < -0.4 is 0 Å². The number of likely N-dealkylation sites (N-methyl/N-ethyl adjacent to an activating group) is 1. The lowest BCUT2D eigenvalue weighted by atomic mass is 9.79. The van der Waals surface area contributed by atoms with Crippen molar-refractivity contribution in [1.82, 2.24) is 30.0 Å². The van der Waals surface area contributed by atoms with E-state index in [4.69, 9.17) is 0 Å². The van der Waals surface area contributed by atoms with Crippen LogP contribution in [-0.2, 0) is 16.8 Å². The number of likely N-dealkylation sites (tertiary alicyclic amines) is 1. The van der Waals surface area contributed by atoms with Crippen molar-refractivity contribution in [2.24, 2.45) is 0 Å². The maximum Gasteiger partial charge on any atom is 0.233 e. The fourth-order valence-electron chi connectivity index (χ4n) is 3.88. The third-order valence-electron chi connectivity index (χ3n) is 5.36. The van der Waals surface area contributed by atoms with Gasteiger partial charge in [0.2, 0.25) is 5.91 Å². The molecule has 1 saturated heterocycles. The van der Waals surface area contributed by atoms with Crippen molar-refractivity contribution in [3.8, 4) is 0 Å². The number of nitrogens with one attached hydrogen (secondary N) is 1. The minimum atomic E-state index is -0.0200. The minimum absolute atomic E-state index is 0.0200. The van der Waals surface area contributed by atoms with Gasteiger partial charge >= 0.3 is 0 Å². The monoisotopic (exact) mass is 378 g/mol. The number of carbonyl (C=O) groups is 1. The van der Waals surface area contributed by atoms with Gasteiger partial charge in [0.1, 0.15) is 5.01 Å². The van der Waals surface area contributed by atoms with Crippen molar-refractivity contribution in [1.29, 1.82) is 0 Å². The Morgan fingerprint density at radius 2 is 2.16 bits per heavy atom. The van der Waals surface area contributed by atoms with Gasteiger partial charge in [-0.25, -0.2) is 4.98 Å². The van der Waals surface area contributed by atoms with E-state index >= 15 is 0 Å². The molecule has 2 aromatic heterocycles. The number of carbonyl (C=O) groups excluding carboxylic acids is 1. The zero-order valence-corrected chi connectivity index (χ0v) is 16.1. The molecule has 4 heterocycles. The number of nitrogens with zero attached hydrogens (tertiary/aromatic N) is 5. The van der Waals surface area contributed by atoms with E-state index in [-0.39, 0.29) is 11.4 Å². The van der Waals surface area contributed by atoms with Crippen LogP contribution in [0.25, 0.3) is 0 Å². The summed E-state index contributed by atoms with van der Waals surface area (Å²) in [7, 11) is 2.18. The first kappa shape index (κ1) is 17.0. The summed E-state index contributed by atoms with van der Waals surface area (Å²) in [6, 6.07) is 0. The molecule has 0 bridgehead atoms. The molecule has 0 unspecified atom stereocenters. The van der Waals surface area contributed by atoms with Gasteiger partial charge in [0.25, 0.3) is 0 Å². The quantitative estimate of drug-likeness (QED) is 0.819. The number of imidazole rings is 1. The third-order valence-corrected chi connectivity index (χ3v) is 7.31. The number of rotatable bonds is 3. The molecule has 2 aliphatic rings. The SMILES string of the molecule is Cc1nnc(SCC(=O)N2CCC3(CC2)c2nc[nH]c2CCN3C)s1. The van der Waals surface area contributed by atoms with Crippen LogP contribution in [0.3, 0.4) is 0 Å². The molecule has 1 spiro atoms. The smallest absolute Gasteiger partial charge is 0.233 e. The molecule has 0 aromatic carbocycles. The molecular formula is C16H22N6OS2. The molecule has 7 nitrogen and oxygen atoms in total. The predicted molar refractivity (Wildman–Crippen MR) is 97.8 cm³/mol. The fourth-order valence-corrected chi connectivity index (χ4v) is 5.60. The molecule has 2 aromatic rings. The number of piperidine rings is 1. The second-order valence-corrected chi connectivity index (χ2v) is 9.09. The molecular weight excluding hydrogens is 356 g/mol. The summed E-state index contributed by atoms with van der Waals surface area (Å²) in [5.74, 6) is 0.624. The first-order valence-corrected chi connectivity index (χ1v) is 10.3. The second kappa shape index (κ2) is 6.69. The van der Waals surface area contributed by atoms with Crippen LogP contribution in [0.15, 0.2) is 10.7 Å². The Morgan fingerprint density at radius 3 is 2.88 bits per heavy atom. The van der Waals surface area contributed by atoms with E-state index < -0.39 is 0 Å². The lowest BCUT2D eigenvalue weighted by Gasteiger charge is -2.49. The van der Waals surface area contributed by atoms with Gasteiger partial charge in [0.15, 0.2) is 4.34 Å². The second-order valence-electron chi connectivity index (χ2n) is 6.69. The Morgan fingerprint density at radius 1 is 1.36 bits per heavy atom. The highest BCUT2D eigenvalue weighted by atomic mass is 32.2. The number of aryl methyl sites for hydroxylation is 1. The van der Waals surface area contributed by atoms with Crippen LogP contribution in [0.5, 0.6) is 0 Å². The predicted octanol–water partition coefficient (Wildman–Crippen LogP) is 1.67. The van der Waals surface area contributed by atoms with Gasteiger partial charge in [0, 0.05) is 31.7 Å². The van der Waals surface area contributed by atoms with Crippen molar-refractivity contribution >= 4 is 29.0 Å². The first-order valence-electron chi connectivity index (χ1n) is 8.53. The average Bonchev–Trinajstić information content (AvgIpc) is 3.26. The number of aromatic amines is 1. The zero-order chi connectivity index (χ0) is 17.4. The van der Waals surface area contributed by atoms with E-state index in [0.717, 1.165) is 48.2 Å². The third kappa shape index (κ3) is 3.09. The Balaban J connectivity index is 1.39. The zero-order valence-electron chi connectivity index (χ0n) is 14.5.